The van der Waals surface area contributed by atoms with Gasteiger partial charge in [0.1, 0.15) is 6.61 Å². The molecule has 0 amide bonds. The first-order chi connectivity index (χ1) is 6.77. The normalized spacial score (nSPS) is 9.14. The molecule has 1 aromatic carbocycles. The average molecular weight is 188 g/mol. The zero-order chi connectivity index (χ0) is 10.4. The quantitative estimate of drug-likeness (QED) is 0.536. The highest BCUT2D eigenvalue weighted by Gasteiger charge is 2.05. The molecule has 0 radical (unpaired) electrons. The van der Waals surface area contributed by atoms with Gasteiger partial charge in [0.15, 0.2) is 0 Å². The van der Waals surface area contributed by atoms with Crippen LogP contribution in [0.1, 0.15) is 15.9 Å². The van der Waals surface area contributed by atoms with Crippen LogP contribution in [0.3, 0.4) is 0 Å². The fourth-order valence-electron chi connectivity index (χ4n) is 1.01. The van der Waals surface area contributed by atoms with Crippen molar-refractivity contribution in [1.82, 2.24) is 0 Å². The number of ether oxygens (including phenoxy) is 1. The number of hydrogen-bond donors (Lipinski definition) is 0. The third kappa shape index (κ3) is 2.59. The van der Waals surface area contributed by atoms with E-state index in [4.69, 9.17) is 4.74 Å². The first-order valence-corrected chi connectivity index (χ1v) is 4.28. The Kier molecular flexibility index (Phi) is 3.68. The zero-order valence-corrected chi connectivity index (χ0v) is 7.90. The molecule has 72 valence electrons. The summed E-state index contributed by atoms with van der Waals surface area (Å²) < 4.78 is 4.89. The van der Waals surface area contributed by atoms with E-state index >= 15 is 0 Å². The number of hydrogen-bond acceptors (Lipinski definition) is 2. The van der Waals surface area contributed by atoms with Gasteiger partial charge in [0.05, 0.1) is 5.56 Å². The largest absolute Gasteiger partial charge is 0.458 e. The molecule has 0 atom stereocenters. The Labute approximate surface area is 83.5 Å². The first-order valence-electron chi connectivity index (χ1n) is 4.28. The van der Waals surface area contributed by atoms with Crippen molar-refractivity contribution in [1.29, 1.82) is 0 Å². The molecule has 0 aliphatic carbocycles. The lowest BCUT2D eigenvalue weighted by Crippen LogP contribution is -2.04. The van der Waals surface area contributed by atoms with Crippen LogP contribution in [0.25, 0.3) is 6.08 Å². The van der Waals surface area contributed by atoms with Gasteiger partial charge in [0, 0.05) is 0 Å². The van der Waals surface area contributed by atoms with Crippen LogP contribution >= 0.6 is 0 Å². The molecule has 0 bridgehead atoms. The topological polar surface area (TPSA) is 26.3 Å². The standard InChI is InChI=1S/C12H12O2/c1-3-8-14-12(13)11-7-5-6-10(4-2)9-11/h3-7,9H,1-2,8H2. The van der Waals surface area contributed by atoms with E-state index in [2.05, 4.69) is 13.2 Å². The maximum absolute atomic E-state index is 11.4. The molecule has 0 saturated carbocycles. The lowest BCUT2D eigenvalue weighted by molar-refractivity contribution is 0.0549. The Balaban J connectivity index is 2.78. The average Bonchev–Trinajstić information content (AvgIpc) is 2.26. The molecule has 0 spiro atoms. The summed E-state index contributed by atoms with van der Waals surface area (Å²) in [6, 6.07) is 7.11. The van der Waals surface area contributed by atoms with Crippen molar-refractivity contribution in [3.8, 4) is 0 Å². The van der Waals surface area contributed by atoms with Crippen LogP contribution in [0.2, 0.25) is 0 Å². The van der Waals surface area contributed by atoms with Crippen LogP contribution in [-0.2, 0) is 4.74 Å². The number of esters is 1. The third-order valence-corrected chi connectivity index (χ3v) is 1.69. The lowest BCUT2D eigenvalue weighted by Gasteiger charge is -2.02. The Bertz CT molecular complexity index is 353. The highest BCUT2D eigenvalue weighted by atomic mass is 16.5. The molecule has 0 aromatic heterocycles. The van der Waals surface area contributed by atoms with Gasteiger partial charge in [-0.15, -0.1) is 0 Å². The van der Waals surface area contributed by atoms with Gasteiger partial charge < -0.3 is 4.74 Å². The van der Waals surface area contributed by atoms with E-state index in [1.807, 2.05) is 6.07 Å². The zero-order valence-electron chi connectivity index (χ0n) is 7.90. The molecule has 0 heterocycles. The summed E-state index contributed by atoms with van der Waals surface area (Å²) in [5, 5.41) is 0. The van der Waals surface area contributed by atoms with Crippen molar-refractivity contribution in [2.24, 2.45) is 0 Å². The Morgan fingerprint density at radius 1 is 1.43 bits per heavy atom. The minimum absolute atomic E-state index is 0.233. The maximum Gasteiger partial charge on any atom is 0.338 e. The Hall–Kier alpha value is -1.83. The fraction of sp³-hybridized carbons (Fsp3) is 0.0833. The number of carbonyl (C=O) groups excluding carboxylic acids is 1. The second kappa shape index (κ2) is 5.02. The fourth-order valence-corrected chi connectivity index (χ4v) is 1.01. The van der Waals surface area contributed by atoms with Crippen molar-refractivity contribution in [3.63, 3.8) is 0 Å². The van der Waals surface area contributed by atoms with Crippen LogP contribution < -0.4 is 0 Å². The van der Waals surface area contributed by atoms with E-state index in [1.54, 1.807) is 24.3 Å². The van der Waals surface area contributed by atoms with E-state index in [0.29, 0.717) is 5.56 Å². The van der Waals surface area contributed by atoms with Gasteiger partial charge in [-0.25, -0.2) is 4.79 Å². The lowest BCUT2D eigenvalue weighted by atomic mass is 10.1. The summed E-state index contributed by atoms with van der Waals surface area (Å²) in [6.45, 7) is 7.33. The molecule has 0 N–H and O–H groups in total. The summed E-state index contributed by atoms with van der Waals surface area (Å²) in [5.74, 6) is -0.339. The molecule has 1 aromatic rings. The smallest absolute Gasteiger partial charge is 0.338 e. The van der Waals surface area contributed by atoms with Crippen molar-refractivity contribution < 1.29 is 9.53 Å². The van der Waals surface area contributed by atoms with Gasteiger partial charge in [-0.1, -0.05) is 37.4 Å². The molecule has 2 heteroatoms. The predicted octanol–water partition coefficient (Wildman–Crippen LogP) is 2.67. The summed E-state index contributed by atoms with van der Waals surface area (Å²) in [4.78, 5) is 11.4. The summed E-state index contributed by atoms with van der Waals surface area (Å²) in [6.07, 6.45) is 3.22. The van der Waals surface area contributed by atoms with Crippen LogP contribution in [0.15, 0.2) is 43.5 Å². The van der Waals surface area contributed by atoms with E-state index in [0.717, 1.165) is 5.56 Å². The van der Waals surface area contributed by atoms with Crippen molar-refractivity contribution in [2.75, 3.05) is 6.61 Å². The SMILES string of the molecule is C=CCOC(=O)c1cccc(C=C)c1. The second-order valence-electron chi connectivity index (χ2n) is 2.72. The summed E-state index contributed by atoms with van der Waals surface area (Å²) in [5.41, 5.74) is 1.43. The molecule has 0 fully saturated rings. The third-order valence-electron chi connectivity index (χ3n) is 1.69. The Morgan fingerprint density at radius 2 is 2.21 bits per heavy atom. The molecule has 14 heavy (non-hydrogen) atoms. The molecule has 0 aliphatic rings. The highest BCUT2D eigenvalue weighted by Crippen LogP contribution is 2.07. The molecule has 2 nitrogen and oxygen atoms in total. The van der Waals surface area contributed by atoms with Gasteiger partial charge in [-0.3, -0.25) is 0 Å². The molecular weight excluding hydrogens is 176 g/mol. The minimum atomic E-state index is -0.339. The van der Waals surface area contributed by atoms with Crippen LogP contribution in [-0.4, -0.2) is 12.6 Å². The van der Waals surface area contributed by atoms with Gasteiger partial charge in [0.2, 0.25) is 0 Å². The highest BCUT2D eigenvalue weighted by molar-refractivity contribution is 5.90. The molecule has 0 saturated heterocycles. The van der Waals surface area contributed by atoms with Gasteiger partial charge in [-0.05, 0) is 17.7 Å². The van der Waals surface area contributed by atoms with Crippen molar-refractivity contribution in [2.45, 2.75) is 0 Å². The summed E-state index contributed by atoms with van der Waals surface area (Å²) in [7, 11) is 0. The van der Waals surface area contributed by atoms with E-state index in [1.165, 1.54) is 6.08 Å². The van der Waals surface area contributed by atoms with Crippen LogP contribution in [0.4, 0.5) is 0 Å². The van der Waals surface area contributed by atoms with Crippen molar-refractivity contribution >= 4 is 12.0 Å². The minimum Gasteiger partial charge on any atom is -0.458 e. The number of carbonyl (C=O) groups is 1. The Morgan fingerprint density at radius 3 is 2.86 bits per heavy atom. The summed E-state index contributed by atoms with van der Waals surface area (Å²) >= 11 is 0. The number of rotatable bonds is 4. The van der Waals surface area contributed by atoms with Crippen LogP contribution in [0, 0.1) is 0 Å². The van der Waals surface area contributed by atoms with Gasteiger partial charge >= 0.3 is 5.97 Å². The van der Waals surface area contributed by atoms with E-state index in [-0.39, 0.29) is 12.6 Å². The molecular formula is C12H12O2. The second-order valence-corrected chi connectivity index (χ2v) is 2.72. The number of benzene rings is 1. The van der Waals surface area contributed by atoms with E-state index < -0.39 is 0 Å². The van der Waals surface area contributed by atoms with Crippen molar-refractivity contribution in [3.05, 3.63) is 54.6 Å². The van der Waals surface area contributed by atoms with Gasteiger partial charge in [-0.2, -0.15) is 0 Å². The molecule has 0 unspecified atom stereocenters. The first kappa shape index (κ1) is 10.3. The van der Waals surface area contributed by atoms with Gasteiger partial charge in [0.25, 0.3) is 0 Å². The predicted molar refractivity (Wildman–Crippen MR) is 57.0 cm³/mol. The molecule has 0 aliphatic heterocycles. The molecule has 1 rings (SSSR count). The van der Waals surface area contributed by atoms with E-state index in [9.17, 15) is 4.79 Å². The monoisotopic (exact) mass is 188 g/mol. The maximum atomic E-state index is 11.4. The van der Waals surface area contributed by atoms with Crippen LogP contribution in [0.5, 0.6) is 0 Å².